The Labute approximate surface area is 66.0 Å². The first kappa shape index (κ1) is 8.49. The van der Waals surface area contributed by atoms with Gasteiger partial charge in [-0.05, 0) is 6.92 Å². The fraction of sp³-hybridized carbons (Fsp3) is 0.857. The van der Waals surface area contributed by atoms with Crippen molar-refractivity contribution >= 4 is 5.91 Å². The van der Waals surface area contributed by atoms with Crippen molar-refractivity contribution in [3.8, 4) is 0 Å². The van der Waals surface area contributed by atoms with E-state index in [0.717, 1.165) is 0 Å². The van der Waals surface area contributed by atoms with Crippen LogP contribution in [-0.4, -0.2) is 36.2 Å². The van der Waals surface area contributed by atoms with E-state index < -0.39 is 5.60 Å². The molecule has 4 nitrogen and oxygen atoms in total. The van der Waals surface area contributed by atoms with E-state index in [9.17, 15) is 9.90 Å². The van der Waals surface area contributed by atoms with Crippen LogP contribution >= 0.6 is 0 Å². The fourth-order valence-electron chi connectivity index (χ4n) is 1.10. The molecule has 0 aliphatic carbocycles. The fourth-order valence-corrected chi connectivity index (χ4v) is 1.10. The van der Waals surface area contributed by atoms with Gasteiger partial charge in [0.15, 0.2) is 0 Å². The molecule has 0 atom stereocenters. The lowest BCUT2D eigenvalue weighted by Gasteiger charge is -2.36. The van der Waals surface area contributed by atoms with Crippen LogP contribution in [0.25, 0.3) is 0 Å². The van der Waals surface area contributed by atoms with E-state index in [1.807, 2.05) is 6.92 Å². The molecule has 1 rings (SSSR count). The predicted octanol–water partition coefficient (Wildman–Crippen LogP) is -1.15. The van der Waals surface area contributed by atoms with Gasteiger partial charge in [0, 0.05) is 19.6 Å². The second-order valence-corrected chi connectivity index (χ2v) is 2.96. The summed E-state index contributed by atoms with van der Waals surface area (Å²) in [6.07, 6.45) is 0.216. The highest BCUT2D eigenvalue weighted by atomic mass is 16.3. The maximum atomic E-state index is 11.0. The predicted molar refractivity (Wildman–Crippen MR) is 41.1 cm³/mol. The van der Waals surface area contributed by atoms with Crippen LogP contribution in [0.1, 0.15) is 13.3 Å². The molecular formula is C7H14N2O2. The minimum atomic E-state index is -0.779. The Morgan fingerprint density at radius 1 is 1.73 bits per heavy atom. The Balaban J connectivity index is 2.23. The number of hydrogen-bond acceptors (Lipinski definition) is 3. The van der Waals surface area contributed by atoms with Crippen LogP contribution in [-0.2, 0) is 4.79 Å². The summed E-state index contributed by atoms with van der Waals surface area (Å²) in [5.41, 5.74) is -0.779. The van der Waals surface area contributed by atoms with Crippen molar-refractivity contribution in [3.63, 3.8) is 0 Å². The van der Waals surface area contributed by atoms with Crippen LogP contribution in [0.15, 0.2) is 0 Å². The van der Waals surface area contributed by atoms with Gasteiger partial charge in [0.25, 0.3) is 0 Å². The Bertz CT molecular complexity index is 155. The molecule has 0 saturated carbocycles. The minimum Gasteiger partial charge on any atom is -0.387 e. The highest BCUT2D eigenvalue weighted by Gasteiger charge is 2.36. The van der Waals surface area contributed by atoms with Gasteiger partial charge in [0.05, 0.1) is 12.0 Å². The van der Waals surface area contributed by atoms with Crippen molar-refractivity contribution in [2.24, 2.45) is 0 Å². The van der Waals surface area contributed by atoms with E-state index in [0.29, 0.717) is 19.6 Å². The average molecular weight is 158 g/mol. The van der Waals surface area contributed by atoms with Crippen LogP contribution in [0.4, 0.5) is 0 Å². The summed E-state index contributed by atoms with van der Waals surface area (Å²) in [5.74, 6) is -0.0727. The quantitative estimate of drug-likeness (QED) is 0.486. The monoisotopic (exact) mass is 158 g/mol. The van der Waals surface area contributed by atoms with Gasteiger partial charge in [-0.15, -0.1) is 0 Å². The number of aliphatic hydroxyl groups is 1. The van der Waals surface area contributed by atoms with Gasteiger partial charge in [0.1, 0.15) is 0 Å². The molecule has 64 valence electrons. The van der Waals surface area contributed by atoms with E-state index >= 15 is 0 Å². The normalized spacial score (nSPS) is 20.5. The molecule has 1 heterocycles. The summed E-state index contributed by atoms with van der Waals surface area (Å²) in [6, 6.07) is 0. The maximum absolute atomic E-state index is 11.0. The summed E-state index contributed by atoms with van der Waals surface area (Å²) in [6.45, 7) is 3.55. The third kappa shape index (κ3) is 2.17. The van der Waals surface area contributed by atoms with Crippen LogP contribution in [0.2, 0.25) is 0 Å². The largest absolute Gasteiger partial charge is 0.387 e. The topological polar surface area (TPSA) is 61.4 Å². The van der Waals surface area contributed by atoms with Crippen molar-refractivity contribution in [1.29, 1.82) is 0 Å². The molecule has 0 radical (unpaired) electrons. The van der Waals surface area contributed by atoms with E-state index in [2.05, 4.69) is 10.6 Å². The van der Waals surface area contributed by atoms with Crippen molar-refractivity contribution in [1.82, 2.24) is 10.6 Å². The number of amides is 1. The van der Waals surface area contributed by atoms with E-state index in [1.165, 1.54) is 0 Å². The van der Waals surface area contributed by atoms with Crippen molar-refractivity contribution in [3.05, 3.63) is 0 Å². The molecule has 4 heteroatoms. The first-order valence-electron chi connectivity index (χ1n) is 3.86. The van der Waals surface area contributed by atoms with Crippen LogP contribution in [0.5, 0.6) is 0 Å². The lowest BCUT2D eigenvalue weighted by molar-refractivity contribution is -0.128. The zero-order valence-electron chi connectivity index (χ0n) is 6.68. The zero-order valence-corrected chi connectivity index (χ0v) is 6.68. The van der Waals surface area contributed by atoms with Crippen LogP contribution < -0.4 is 10.6 Å². The summed E-state index contributed by atoms with van der Waals surface area (Å²) in [5, 5.41) is 15.0. The van der Waals surface area contributed by atoms with Gasteiger partial charge in [-0.2, -0.15) is 0 Å². The molecule has 1 saturated heterocycles. The Kier molecular flexibility index (Phi) is 2.46. The second kappa shape index (κ2) is 3.19. The maximum Gasteiger partial charge on any atom is 0.222 e. The summed E-state index contributed by atoms with van der Waals surface area (Å²) < 4.78 is 0. The summed E-state index contributed by atoms with van der Waals surface area (Å²) >= 11 is 0. The van der Waals surface area contributed by atoms with E-state index in [4.69, 9.17) is 0 Å². The van der Waals surface area contributed by atoms with Gasteiger partial charge < -0.3 is 15.7 Å². The average Bonchev–Trinajstić information content (AvgIpc) is 1.85. The number of carbonyl (C=O) groups excluding carboxylic acids is 1. The van der Waals surface area contributed by atoms with Crippen molar-refractivity contribution < 1.29 is 9.90 Å². The molecule has 1 amide bonds. The highest BCUT2D eigenvalue weighted by molar-refractivity contribution is 5.77. The molecular weight excluding hydrogens is 144 g/mol. The van der Waals surface area contributed by atoms with E-state index in [1.54, 1.807) is 0 Å². The van der Waals surface area contributed by atoms with Gasteiger partial charge >= 0.3 is 0 Å². The Morgan fingerprint density at radius 2 is 2.36 bits per heavy atom. The standard InChI is InChI=1S/C7H14N2O2/c1-2-9-6(10)3-7(11)4-8-5-7/h8,11H,2-5H2,1H3,(H,9,10). The number of hydrogen-bond donors (Lipinski definition) is 3. The first-order chi connectivity index (χ1) is 5.16. The van der Waals surface area contributed by atoms with Gasteiger partial charge in [-0.25, -0.2) is 0 Å². The smallest absolute Gasteiger partial charge is 0.222 e. The molecule has 0 unspecified atom stereocenters. The number of nitrogens with one attached hydrogen (secondary N) is 2. The Morgan fingerprint density at radius 3 is 2.73 bits per heavy atom. The number of β-amino-alcohol motifs (C(OH)–C–C–N with tert-alkyl or cyclic N) is 1. The SMILES string of the molecule is CCNC(=O)CC1(O)CNC1. The molecule has 1 fully saturated rings. The van der Waals surface area contributed by atoms with Gasteiger partial charge in [-0.3, -0.25) is 4.79 Å². The van der Waals surface area contributed by atoms with Crippen LogP contribution in [0, 0.1) is 0 Å². The number of carbonyl (C=O) groups is 1. The van der Waals surface area contributed by atoms with Gasteiger partial charge in [-0.1, -0.05) is 0 Å². The van der Waals surface area contributed by atoms with Gasteiger partial charge in [0.2, 0.25) is 5.91 Å². The second-order valence-electron chi connectivity index (χ2n) is 2.96. The first-order valence-corrected chi connectivity index (χ1v) is 3.86. The highest BCUT2D eigenvalue weighted by Crippen LogP contribution is 2.14. The van der Waals surface area contributed by atoms with Crippen molar-refractivity contribution in [2.75, 3.05) is 19.6 Å². The number of rotatable bonds is 3. The molecule has 0 aromatic rings. The molecule has 0 aromatic carbocycles. The lowest BCUT2D eigenvalue weighted by Crippen LogP contribution is -2.61. The van der Waals surface area contributed by atoms with Crippen LogP contribution in [0.3, 0.4) is 0 Å². The molecule has 1 aliphatic rings. The Hall–Kier alpha value is -0.610. The molecule has 0 spiro atoms. The molecule has 0 aromatic heterocycles. The summed E-state index contributed by atoms with van der Waals surface area (Å²) in [7, 11) is 0. The zero-order chi connectivity index (χ0) is 8.32. The third-order valence-corrected chi connectivity index (χ3v) is 1.77. The van der Waals surface area contributed by atoms with E-state index in [-0.39, 0.29) is 12.3 Å². The minimum absolute atomic E-state index is 0.0727. The lowest BCUT2D eigenvalue weighted by atomic mass is 9.93. The summed E-state index contributed by atoms with van der Waals surface area (Å²) in [4.78, 5) is 11.0. The van der Waals surface area contributed by atoms with Crippen molar-refractivity contribution in [2.45, 2.75) is 18.9 Å². The molecule has 11 heavy (non-hydrogen) atoms. The molecule has 1 aliphatic heterocycles. The molecule has 0 bridgehead atoms. The third-order valence-electron chi connectivity index (χ3n) is 1.77. The molecule has 3 N–H and O–H groups in total.